The van der Waals surface area contributed by atoms with Crippen LogP contribution in [-0.4, -0.2) is 31.4 Å². The molecule has 0 heterocycles. The molecule has 0 aromatic heterocycles. The normalized spacial score (nSPS) is 10.2. The molecule has 0 fully saturated rings. The molecule has 2 aromatic rings. The molecule has 0 atom stereocenters. The first-order valence-electron chi connectivity index (χ1n) is 8.47. The van der Waals surface area contributed by atoms with E-state index in [2.05, 4.69) is 47.6 Å². The van der Waals surface area contributed by atoms with Crippen LogP contribution in [0.25, 0.3) is 0 Å². The first-order valence-corrected chi connectivity index (χ1v) is 8.47. The zero-order valence-electron chi connectivity index (χ0n) is 15.0. The van der Waals surface area contributed by atoms with Gasteiger partial charge in [-0.1, -0.05) is 12.1 Å². The number of carbonyl (C=O) groups excluding carboxylic acids is 2. The van der Waals surface area contributed by atoms with Gasteiger partial charge in [-0.25, -0.2) is 0 Å². The Labute approximate surface area is 149 Å². The second kappa shape index (κ2) is 8.87. The van der Waals surface area contributed by atoms with Crippen molar-refractivity contribution in [3.63, 3.8) is 0 Å². The van der Waals surface area contributed by atoms with Gasteiger partial charge in [-0.2, -0.15) is 0 Å². The average Bonchev–Trinajstić information content (AvgIpc) is 2.58. The number of rotatable bonds is 7. The van der Waals surface area contributed by atoms with Crippen LogP contribution >= 0.6 is 0 Å². The highest BCUT2D eigenvalue weighted by Crippen LogP contribution is 2.15. The third-order valence-corrected chi connectivity index (χ3v) is 3.88. The van der Waals surface area contributed by atoms with E-state index in [1.165, 1.54) is 12.5 Å². The van der Waals surface area contributed by atoms with E-state index in [4.69, 9.17) is 0 Å². The van der Waals surface area contributed by atoms with Crippen LogP contribution in [0.3, 0.4) is 0 Å². The summed E-state index contributed by atoms with van der Waals surface area (Å²) in [6, 6.07) is 15.2. The maximum atomic E-state index is 12.2. The molecule has 2 amide bonds. The number of nitrogens with one attached hydrogen (secondary N) is 2. The summed E-state index contributed by atoms with van der Waals surface area (Å²) in [6.07, 6.45) is 0. The molecule has 0 aliphatic rings. The maximum Gasteiger partial charge on any atom is 0.251 e. The largest absolute Gasteiger partial charge is 0.370 e. The van der Waals surface area contributed by atoms with Crippen molar-refractivity contribution in [3.8, 4) is 0 Å². The molecular formula is C20H25N3O2. The van der Waals surface area contributed by atoms with Gasteiger partial charge in [-0.3, -0.25) is 9.59 Å². The van der Waals surface area contributed by atoms with Crippen LogP contribution in [0.2, 0.25) is 0 Å². The van der Waals surface area contributed by atoms with Gasteiger partial charge in [0.05, 0.1) is 0 Å². The van der Waals surface area contributed by atoms with Crippen molar-refractivity contribution in [1.82, 2.24) is 5.32 Å². The number of carbonyl (C=O) groups is 2. The Morgan fingerprint density at radius 2 is 1.80 bits per heavy atom. The van der Waals surface area contributed by atoms with Crippen LogP contribution < -0.4 is 15.5 Å². The monoisotopic (exact) mass is 339 g/mol. The van der Waals surface area contributed by atoms with Crippen LogP contribution in [0.15, 0.2) is 48.5 Å². The Morgan fingerprint density at radius 1 is 1.08 bits per heavy atom. The Hall–Kier alpha value is -2.82. The predicted molar refractivity (Wildman–Crippen MR) is 102 cm³/mol. The lowest BCUT2D eigenvalue weighted by molar-refractivity contribution is -0.114. The number of hydrogen-bond acceptors (Lipinski definition) is 3. The quantitative estimate of drug-likeness (QED) is 0.814. The lowest BCUT2D eigenvalue weighted by Gasteiger charge is -2.23. The number of nitrogens with zero attached hydrogens (tertiary/aromatic N) is 1. The summed E-state index contributed by atoms with van der Waals surface area (Å²) in [7, 11) is 0. The molecule has 25 heavy (non-hydrogen) atoms. The Bertz CT molecular complexity index is 726. The Kier molecular flexibility index (Phi) is 6.57. The molecule has 0 saturated heterocycles. The molecule has 5 heteroatoms. The van der Waals surface area contributed by atoms with Crippen LogP contribution in [0.1, 0.15) is 29.8 Å². The van der Waals surface area contributed by atoms with Crippen molar-refractivity contribution < 1.29 is 9.59 Å². The van der Waals surface area contributed by atoms with Gasteiger partial charge in [0, 0.05) is 43.5 Å². The summed E-state index contributed by atoms with van der Waals surface area (Å²) < 4.78 is 0. The molecule has 2 N–H and O–H groups in total. The van der Waals surface area contributed by atoms with E-state index in [1.54, 1.807) is 24.3 Å². The van der Waals surface area contributed by atoms with Crippen LogP contribution in [0.5, 0.6) is 0 Å². The SMILES string of the molecule is CCN(CCNC(=O)c1ccc(NC(C)=O)cc1)c1cccc(C)c1. The fraction of sp³-hybridized carbons (Fsp3) is 0.300. The lowest BCUT2D eigenvalue weighted by atomic mass is 10.2. The zero-order valence-corrected chi connectivity index (χ0v) is 15.0. The van der Waals surface area contributed by atoms with E-state index < -0.39 is 0 Å². The molecule has 0 saturated carbocycles. The minimum atomic E-state index is -0.131. The van der Waals surface area contributed by atoms with Crippen LogP contribution in [0.4, 0.5) is 11.4 Å². The maximum absolute atomic E-state index is 12.2. The van der Waals surface area contributed by atoms with E-state index in [0.717, 1.165) is 18.8 Å². The third kappa shape index (κ3) is 5.64. The fourth-order valence-electron chi connectivity index (χ4n) is 2.61. The predicted octanol–water partition coefficient (Wildman–Crippen LogP) is 3.21. The van der Waals surface area contributed by atoms with Gasteiger partial charge in [0.15, 0.2) is 0 Å². The van der Waals surface area contributed by atoms with E-state index in [0.29, 0.717) is 17.8 Å². The summed E-state index contributed by atoms with van der Waals surface area (Å²) in [4.78, 5) is 25.5. The van der Waals surface area contributed by atoms with Gasteiger partial charge in [-0.15, -0.1) is 0 Å². The molecular weight excluding hydrogens is 314 g/mol. The molecule has 2 rings (SSSR count). The molecule has 0 radical (unpaired) electrons. The second-order valence-electron chi connectivity index (χ2n) is 5.93. The van der Waals surface area contributed by atoms with Gasteiger partial charge in [-0.05, 0) is 55.8 Å². The highest BCUT2D eigenvalue weighted by molar-refractivity contribution is 5.95. The minimum absolute atomic E-state index is 0.116. The number of amides is 2. The second-order valence-corrected chi connectivity index (χ2v) is 5.93. The fourth-order valence-corrected chi connectivity index (χ4v) is 2.61. The average molecular weight is 339 g/mol. The molecule has 0 spiro atoms. The van der Waals surface area contributed by atoms with Crippen molar-refractivity contribution in [1.29, 1.82) is 0 Å². The van der Waals surface area contributed by atoms with Gasteiger partial charge in [0.2, 0.25) is 5.91 Å². The summed E-state index contributed by atoms with van der Waals surface area (Å²) in [5, 5.41) is 5.62. The van der Waals surface area contributed by atoms with Crippen LogP contribution in [0, 0.1) is 6.92 Å². The van der Waals surface area contributed by atoms with Gasteiger partial charge >= 0.3 is 0 Å². The van der Waals surface area contributed by atoms with E-state index in [9.17, 15) is 9.59 Å². The first-order chi connectivity index (χ1) is 12.0. The Morgan fingerprint density at radius 3 is 2.40 bits per heavy atom. The molecule has 0 bridgehead atoms. The van der Waals surface area contributed by atoms with E-state index >= 15 is 0 Å². The minimum Gasteiger partial charge on any atom is -0.370 e. The van der Waals surface area contributed by atoms with E-state index in [1.807, 2.05) is 6.07 Å². The standard InChI is InChI=1S/C20H25N3O2/c1-4-23(19-7-5-6-15(2)14-19)13-12-21-20(25)17-8-10-18(11-9-17)22-16(3)24/h5-11,14H,4,12-13H2,1-3H3,(H,21,25)(H,22,24). The highest BCUT2D eigenvalue weighted by Gasteiger charge is 2.08. The van der Waals surface area contributed by atoms with Crippen molar-refractivity contribution in [3.05, 3.63) is 59.7 Å². The van der Waals surface area contributed by atoms with Crippen molar-refractivity contribution in [2.45, 2.75) is 20.8 Å². The topological polar surface area (TPSA) is 61.4 Å². The molecule has 132 valence electrons. The molecule has 0 aliphatic carbocycles. The van der Waals surface area contributed by atoms with Crippen molar-refractivity contribution >= 4 is 23.2 Å². The molecule has 5 nitrogen and oxygen atoms in total. The highest BCUT2D eigenvalue weighted by atomic mass is 16.2. The zero-order chi connectivity index (χ0) is 18.2. The first kappa shape index (κ1) is 18.5. The van der Waals surface area contributed by atoms with Gasteiger partial charge < -0.3 is 15.5 Å². The van der Waals surface area contributed by atoms with Gasteiger partial charge in [0.25, 0.3) is 5.91 Å². The number of hydrogen-bond donors (Lipinski definition) is 2. The van der Waals surface area contributed by atoms with E-state index in [-0.39, 0.29) is 11.8 Å². The third-order valence-electron chi connectivity index (χ3n) is 3.88. The smallest absolute Gasteiger partial charge is 0.251 e. The number of likely N-dealkylation sites (N-methyl/N-ethyl adjacent to an activating group) is 1. The molecule has 0 aliphatic heterocycles. The van der Waals surface area contributed by atoms with Crippen molar-refractivity contribution in [2.24, 2.45) is 0 Å². The summed E-state index contributed by atoms with van der Waals surface area (Å²) in [5.74, 6) is -0.248. The summed E-state index contributed by atoms with van der Waals surface area (Å²) in [5.41, 5.74) is 3.64. The van der Waals surface area contributed by atoms with Crippen molar-refractivity contribution in [2.75, 3.05) is 29.9 Å². The van der Waals surface area contributed by atoms with Crippen LogP contribution in [-0.2, 0) is 4.79 Å². The summed E-state index contributed by atoms with van der Waals surface area (Å²) in [6.45, 7) is 7.82. The molecule has 2 aromatic carbocycles. The number of aryl methyl sites for hydroxylation is 1. The summed E-state index contributed by atoms with van der Waals surface area (Å²) >= 11 is 0. The number of benzene rings is 2. The lowest BCUT2D eigenvalue weighted by Crippen LogP contribution is -2.35. The Balaban J connectivity index is 1.87. The van der Waals surface area contributed by atoms with Gasteiger partial charge in [0.1, 0.15) is 0 Å². The number of anilines is 2. The molecule has 0 unspecified atom stereocenters.